The molecule has 22 heavy (non-hydrogen) atoms. The number of carbonyl (C=O) groups is 2. The number of aryl methyl sites for hydroxylation is 1. The molecule has 0 saturated carbocycles. The van der Waals surface area contributed by atoms with Crippen molar-refractivity contribution >= 4 is 34.0 Å². The van der Waals surface area contributed by atoms with Gasteiger partial charge in [-0.25, -0.2) is 5.43 Å². The molecule has 1 heterocycles. The molecule has 0 radical (unpaired) electrons. The maximum absolute atomic E-state index is 11.9. The lowest BCUT2D eigenvalue weighted by Crippen LogP contribution is -2.35. The van der Waals surface area contributed by atoms with E-state index in [-0.39, 0.29) is 12.5 Å². The third-order valence-electron chi connectivity index (χ3n) is 2.67. The number of amides is 2. The fourth-order valence-corrected chi connectivity index (χ4v) is 2.10. The van der Waals surface area contributed by atoms with Gasteiger partial charge in [-0.1, -0.05) is 12.1 Å². The predicted molar refractivity (Wildman–Crippen MR) is 85.7 cm³/mol. The van der Waals surface area contributed by atoms with Crippen LogP contribution in [0.25, 0.3) is 0 Å². The fourth-order valence-electron chi connectivity index (χ4n) is 1.63. The lowest BCUT2D eigenvalue weighted by molar-refractivity contribution is -0.120. The number of nitrogens with one attached hydrogen (secondary N) is 2. The van der Waals surface area contributed by atoms with Crippen molar-refractivity contribution in [3.8, 4) is 0 Å². The zero-order valence-electron chi connectivity index (χ0n) is 11.8. The first-order chi connectivity index (χ1) is 10.6. The molecule has 7 heteroatoms. The van der Waals surface area contributed by atoms with Crippen LogP contribution in [0.5, 0.6) is 0 Å². The van der Waals surface area contributed by atoms with Crippen LogP contribution in [-0.2, 0) is 4.79 Å². The van der Waals surface area contributed by atoms with Gasteiger partial charge in [-0.2, -0.15) is 5.10 Å². The van der Waals surface area contributed by atoms with Crippen molar-refractivity contribution in [2.24, 2.45) is 5.10 Å². The van der Waals surface area contributed by atoms with Crippen molar-refractivity contribution in [3.05, 3.63) is 58.0 Å². The summed E-state index contributed by atoms with van der Waals surface area (Å²) in [6, 6.07) is 10.5. The van der Waals surface area contributed by atoms with Gasteiger partial charge in [0.1, 0.15) is 11.5 Å². The molecular formula is C15H14BrN3O3. The molecule has 0 unspecified atom stereocenters. The van der Waals surface area contributed by atoms with E-state index in [1.165, 1.54) is 6.21 Å². The topological polar surface area (TPSA) is 83.7 Å². The summed E-state index contributed by atoms with van der Waals surface area (Å²) in [6.07, 6.45) is 1.39. The molecule has 0 saturated heterocycles. The molecule has 0 atom stereocenters. The van der Waals surface area contributed by atoms with E-state index in [4.69, 9.17) is 4.42 Å². The van der Waals surface area contributed by atoms with Gasteiger partial charge in [0.05, 0.1) is 18.3 Å². The minimum Gasteiger partial charge on any atom is -0.460 e. The molecule has 1 aromatic heterocycles. The number of halogens is 1. The summed E-state index contributed by atoms with van der Waals surface area (Å²) in [7, 11) is 0. The van der Waals surface area contributed by atoms with E-state index in [0.29, 0.717) is 15.8 Å². The number of hydrogen-bond acceptors (Lipinski definition) is 4. The van der Waals surface area contributed by atoms with Crippen LogP contribution < -0.4 is 10.7 Å². The third-order valence-corrected chi connectivity index (χ3v) is 3.36. The van der Waals surface area contributed by atoms with Crippen LogP contribution in [0, 0.1) is 6.92 Å². The summed E-state index contributed by atoms with van der Waals surface area (Å²) in [6.45, 7) is 1.64. The van der Waals surface area contributed by atoms with Crippen molar-refractivity contribution < 1.29 is 14.0 Å². The Labute approximate surface area is 135 Å². The smallest absolute Gasteiger partial charge is 0.259 e. The van der Waals surface area contributed by atoms with Gasteiger partial charge in [0.2, 0.25) is 0 Å². The van der Waals surface area contributed by atoms with Gasteiger partial charge >= 0.3 is 0 Å². The summed E-state index contributed by atoms with van der Waals surface area (Å²) in [5.41, 5.74) is 2.77. The Morgan fingerprint density at radius 2 is 2.05 bits per heavy atom. The monoisotopic (exact) mass is 363 g/mol. The minimum atomic E-state index is -0.431. The van der Waals surface area contributed by atoms with Gasteiger partial charge in [0, 0.05) is 4.47 Å². The SMILES string of the molecule is Cc1ccc(C=NNC(=O)CNC(=O)c2ccccc2Br)o1. The second-order valence-corrected chi connectivity index (χ2v) is 5.26. The van der Waals surface area contributed by atoms with E-state index in [0.717, 1.165) is 5.76 Å². The Balaban J connectivity index is 1.79. The van der Waals surface area contributed by atoms with E-state index in [9.17, 15) is 9.59 Å². The summed E-state index contributed by atoms with van der Waals surface area (Å²) in [4.78, 5) is 23.5. The number of furan rings is 1. The molecule has 0 bridgehead atoms. The second-order valence-electron chi connectivity index (χ2n) is 4.40. The standard InChI is InChI=1S/C15H14BrN3O3/c1-10-6-7-11(22-10)8-18-19-14(20)9-17-15(21)12-4-2-3-5-13(12)16/h2-8H,9H2,1H3,(H,17,21)(H,19,20). The molecule has 0 aliphatic heterocycles. The van der Waals surface area contributed by atoms with Crippen molar-refractivity contribution in [2.45, 2.75) is 6.92 Å². The van der Waals surface area contributed by atoms with E-state index >= 15 is 0 Å². The average molecular weight is 364 g/mol. The number of hydrogen-bond donors (Lipinski definition) is 2. The first-order valence-corrected chi connectivity index (χ1v) is 7.26. The quantitative estimate of drug-likeness (QED) is 0.631. The van der Waals surface area contributed by atoms with Crippen LogP contribution in [-0.4, -0.2) is 24.6 Å². The summed E-state index contributed by atoms with van der Waals surface area (Å²) < 4.78 is 5.92. The van der Waals surface area contributed by atoms with Crippen LogP contribution in [0.1, 0.15) is 21.9 Å². The van der Waals surface area contributed by atoms with Crippen LogP contribution in [0.2, 0.25) is 0 Å². The van der Waals surface area contributed by atoms with Crippen molar-refractivity contribution in [1.82, 2.24) is 10.7 Å². The molecule has 2 N–H and O–H groups in total. The summed E-state index contributed by atoms with van der Waals surface area (Å²) >= 11 is 3.28. The van der Waals surface area contributed by atoms with Crippen molar-refractivity contribution in [2.75, 3.05) is 6.54 Å². The van der Waals surface area contributed by atoms with Crippen LogP contribution >= 0.6 is 15.9 Å². The Morgan fingerprint density at radius 1 is 1.27 bits per heavy atom. The third kappa shape index (κ3) is 4.56. The highest BCUT2D eigenvalue weighted by Crippen LogP contribution is 2.15. The molecule has 114 valence electrons. The number of nitrogens with zero attached hydrogens (tertiary/aromatic N) is 1. The zero-order valence-corrected chi connectivity index (χ0v) is 13.4. The molecular weight excluding hydrogens is 350 g/mol. The Bertz CT molecular complexity index is 710. The van der Waals surface area contributed by atoms with Crippen LogP contribution in [0.4, 0.5) is 0 Å². The summed E-state index contributed by atoms with van der Waals surface area (Å²) in [5.74, 6) is 0.525. The van der Waals surface area contributed by atoms with E-state index in [2.05, 4.69) is 31.8 Å². The molecule has 0 aliphatic carbocycles. The van der Waals surface area contributed by atoms with E-state index in [1.54, 1.807) is 36.4 Å². The van der Waals surface area contributed by atoms with Gasteiger partial charge in [-0.3, -0.25) is 9.59 Å². The molecule has 2 aromatic rings. The Kier molecular flexibility index (Phi) is 5.48. The zero-order chi connectivity index (χ0) is 15.9. The molecule has 2 amide bonds. The van der Waals surface area contributed by atoms with Gasteiger partial charge in [0.15, 0.2) is 0 Å². The minimum absolute atomic E-state index is 0.172. The Hall–Kier alpha value is -2.41. The highest BCUT2D eigenvalue weighted by Gasteiger charge is 2.10. The highest BCUT2D eigenvalue weighted by atomic mass is 79.9. The lowest BCUT2D eigenvalue weighted by atomic mass is 10.2. The summed E-state index contributed by atoms with van der Waals surface area (Å²) in [5, 5.41) is 6.26. The Morgan fingerprint density at radius 3 is 2.73 bits per heavy atom. The van der Waals surface area contributed by atoms with E-state index < -0.39 is 5.91 Å². The predicted octanol–water partition coefficient (Wildman–Crippen LogP) is 2.23. The second kappa shape index (κ2) is 7.56. The number of rotatable bonds is 5. The normalized spacial score (nSPS) is 10.6. The van der Waals surface area contributed by atoms with Crippen molar-refractivity contribution in [1.29, 1.82) is 0 Å². The van der Waals surface area contributed by atoms with Crippen molar-refractivity contribution in [3.63, 3.8) is 0 Å². The van der Waals surface area contributed by atoms with Gasteiger partial charge in [-0.15, -0.1) is 0 Å². The fraction of sp³-hybridized carbons (Fsp3) is 0.133. The van der Waals surface area contributed by atoms with Gasteiger partial charge in [0.25, 0.3) is 11.8 Å². The van der Waals surface area contributed by atoms with E-state index in [1.807, 2.05) is 6.92 Å². The lowest BCUT2D eigenvalue weighted by Gasteiger charge is -2.05. The maximum atomic E-state index is 11.9. The van der Waals surface area contributed by atoms with Gasteiger partial charge < -0.3 is 9.73 Å². The van der Waals surface area contributed by atoms with Crippen LogP contribution in [0.15, 0.2) is 50.4 Å². The number of carbonyl (C=O) groups excluding carboxylic acids is 2. The number of hydrazone groups is 1. The first-order valence-electron chi connectivity index (χ1n) is 6.47. The molecule has 6 nitrogen and oxygen atoms in total. The molecule has 2 rings (SSSR count). The highest BCUT2D eigenvalue weighted by molar-refractivity contribution is 9.10. The molecule has 0 fully saturated rings. The maximum Gasteiger partial charge on any atom is 0.259 e. The average Bonchev–Trinajstić information content (AvgIpc) is 2.91. The first kappa shape index (κ1) is 16.0. The largest absolute Gasteiger partial charge is 0.460 e. The van der Waals surface area contributed by atoms with Crippen LogP contribution in [0.3, 0.4) is 0 Å². The molecule has 1 aromatic carbocycles. The molecule has 0 aliphatic rings. The van der Waals surface area contributed by atoms with Gasteiger partial charge in [-0.05, 0) is 47.1 Å². The number of benzene rings is 1. The molecule has 0 spiro atoms.